The highest BCUT2D eigenvalue weighted by molar-refractivity contribution is 5.95. The quantitative estimate of drug-likeness (QED) is 0.637. The molecule has 0 spiro atoms. The van der Waals surface area contributed by atoms with E-state index in [0.717, 1.165) is 0 Å². The molecule has 6 nitrogen and oxygen atoms in total. The van der Waals surface area contributed by atoms with E-state index in [-0.39, 0.29) is 0 Å². The van der Waals surface area contributed by atoms with Gasteiger partial charge in [0, 0.05) is 0 Å². The molecule has 0 atom stereocenters. The van der Waals surface area contributed by atoms with Crippen LogP contribution in [-0.2, 0) is 4.74 Å². The molecule has 6 heteroatoms. The summed E-state index contributed by atoms with van der Waals surface area (Å²) in [5, 5.41) is 4.24. The second-order valence-electron chi connectivity index (χ2n) is 3.85. The lowest BCUT2D eigenvalue weighted by molar-refractivity contribution is 0.0600. The Morgan fingerprint density at radius 3 is 2.67 bits per heavy atom. The number of anilines is 1. The number of benzene rings is 1. The first-order valence-electron chi connectivity index (χ1n) is 5.42. The third kappa shape index (κ3) is 1.92. The van der Waals surface area contributed by atoms with E-state index < -0.39 is 5.97 Å². The van der Waals surface area contributed by atoms with E-state index in [9.17, 15) is 4.79 Å². The summed E-state index contributed by atoms with van der Waals surface area (Å²) in [6.45, 7) is 3.58. The molecule has 1 aromatic carbocycles. The number of carbonyl (C=O) groups excluding carboxylic acids is 1. The number of nitrogens with zero attached hydrogens (tertiary/aromatic N) is 3. The van der Waals surface area contributed by atoms with Crippen molar-refractivity contribution in [3.8, 4) is 5.69 Å². The molecule has 0 fully saturated rings. The monoisotopic (exact) mass is 246 g/mol. The molecule has 0 saturated carbocycles. The minimum Gasteiger partial charge on any atom is -0.465 e. The molecular weight excluding hydrogens is 232 g/mol. The molecule has 0 saturated heterocycles. The SMILES string of the molecule is COC(=O)c1cccc(N)c1-n1nc(C)nc1C. The fourth-order valence-corrected chi connectivity index (χ4v) is 1.81. The predicted molar refractivity (Wildman–Crippen MR) is 66.6 cm³/mol. The van der Waals surface area contributed by atoms with Crippen LogP contribution in [0.1, 0.15) is 22.0 Å². The Morgan fingerprint density at radius 1 is 1.39 bits per heavy atom. The minimum absolute atomic E-state index is 0.366. The van der Waals surface area contributed by atoms with Crippen molar-refractivity contribution < 1.29 is 9.53 Å². The maximum Gasteiger partial charge on any atom is 0.340 e. The lowest BCUT2D eigenvalue weighted by Crippen LogP contribution is -2.12. The smallest absolute Gasteiger partial charge is 0.340 e. The highest BCUT2D eigenvalue weighted by atomic mass is 16.5. The molecule has 0 amide bonds. The van der Waals surface area contributed by atoms with Gasteiger partial charge in [-0.2, -0.15) is 5.10 Å². The standard InChI is InChI=1S/C12H14N4O2/c1-7-14-8(2)16(15-7)11-9(12(17)18-3)5-4-6-10(11)13/h4-6H,13H2,1-3H3. The van der Waals surface area contributed by atoms with Crippen LogP contribution < -0.4 is 5.73 Å². The summed E-state index contributed by atoms with van der Waals surface area (Å²) in [7, 11) is 1.33. The molecule has 2 rings (SSSR count). The number of aromatic nitrogens is 3. The maximum atomic E-state index is 11.7. The van der Waals surface area contributed by atoms with Gasteiger partial charge in [0.05, 0.1) is 18.4 Å². The van der Waals surface area contributed by atoms with Crippen molar-refractivity contribution in [2.24, 2.45) is 0 Å². The number of aryl methyl sites for hydroxylation is 2. The van der Waals surface area contributed by atoms with Gasteiger partial charge in [0.15, 0.2) is 0 Å². The number of rotatable bonds is 2. The van der Waals surface area contributed by atoms with Crippen LogP contribution in [0.4, 0.5) is 5.69 Å². The Kier molecular flexibility index (Phi) is 3.01. The first-order valence-corrected chi connectivity index (χ1v) is 5.42. The van der Waals surface area contributed by atoms with Crippen molar-refractivity contribution in [2.45, 2.75) is 13.8 Å². The minimum atomic E-state index is -0.454. The van der Waals surface area contributed by atoms with E-state index in [1.165, 1.54) is 7.11 Å². The summed E-state index contributed by atoms with van der Waals surface area (Å²) in [5.74, 6) is 0.826. The molecule has 1 aromatic heterocycles. The van der Waals surface area contributed by atoms with Crippen molar-refractivity contribution in [1.29, 1.82) is 0 Å². The van der Waals surface area contributed by atoms with Crippen molar-refractivity contribution >= 4 is 11.7 Å². The molecule has 0 unspecified atom stereocenters. The number of nitrogens with two attached hydrogens (primary N) is 1. The summed E-state index contributed by atoms with van der Waals surface area (Å²) >= 11 is 0. The van der Waals surface area contributed by atoms with Crippen LogP contribution in [0.25, 0.3) is 5.69 Å². The Bertz CT molecular complexity index is 604. The highest BCUT2D eigenvalue weighted by Crippen LogP contribution is 2.23. The van der Waals surface area contributed by atoms with Gasteiger partial charge in [0.1, 0.15) is 17.3 Å². The van der Waals surface area contributed by atoms with Crippen molar-refractivity contribution in [2.75, 3.05) is 12.8 Å². The van der Waals surface area contributed by atoms with Crippen LogP contribution in [0.3, 0.4) is 0 Å². The summed E-state index contributed by atoms with van der Waals surface area (Å²) in [6.07, 6.45) is 0. The molecule has 2 N–H and O–H groups in total. The van der Waals surface area contributed by atoms with Crippen molar-refractivity contribution in [3.05, 3.63) is 35.4 Å². The van der Waals surface area contributed by atoms with Gasteiger partial charge in [-0.05, 0) is 26.0 Å². The van der Waals surface area contributed by atoms with Crippen LogP contribution in [0.2, 0.25) is 0 Å². The molecule has 0 bridgehead atoms. The number of hydrogen-bond acceptors (Lipinski definition) is 5. The van der Waals surface area contributed by atoms with E-state index in [0.29, 0.717) is 28.6 Å². The van der Waals surface area contributed by atoms with Gasteiger partial charge in [0.25, 0.3) is 0 Å². The van der Waals surface area contributed by atoms with Gasteiger partial charge in [-0.15, -0.1) is 0 Å². The Morgan fingerprint density at radius 2 is 2.11 bits per heavy atom. The number of methoxy groups -OCH3 is 1. The lowest BCUT2D eigenvalue weighted by Gasteiger charge is -2.11. The van der Waals surface area contributed by atoms with Crippen LogP contribution in [0.15, 0.2) is 18.2 Å². The maximum absolute atomic E-state index is 11.7. The second kappa shape index (κ2) is 4.48. The third-order valence-electron chi connectivity index (χ3n) is 2.56. The fourth-order valence-electron chi connectivity index (χ4n) is 1.81. The zero-order valence-corrected chi connectivity index (χ0v) is 10.5. The first kappa shape index (κ1) is 12.1. The molecule has 0 aliphatic carbocycles. The van der Waals surface area contributed by atoms with Gasteiger partial charge in [0.2, 0.25) is 0 Å². The topological polar surface area (TPSA) is 83.0 Å². The van der Waals surface area contributed by atoms with Gasteiger partial charge < -0.3 is 10.5 Å². The summed E-state index contributed by atoms with van der Waals surface area (Å²) in [5.41, 5.74) is 7.25. The Hall–Kier alpha value is -2.37. The molecule has 2 aromatic rings. The number of esters is 1. The van der Waals surface area contributed by atoms with Gasteiger partial charge in [-0.25, -0.2) is 14.5 Å². The summed E-state index contributed by atoms with van der Waals surface area (Å²) < 4.78 is 6.30. The Balaban J connectivity index is 2.69. The molecule has 94 valence electrons. The van der Waals surface area contributed by atoms with Crippen molar-refractivity contribution in [3.63, 3.8) is 0 Å². The third-order valence-corrected chi connectivity index (χ3v) is 2.56. The second-order valence-corrected chi connectivity index (χ2v) is 3.85. The van der Waals surface area contributed by atoms with E-state index in [1.807, 2.05) is 0 Å². The van der Waals surface area contributed by atoms with Crippen LogP contribution >= 0.6 is 0 Å². The molecular formula is C12H14N4O2. The number of carbonyl (C=O) groups is 1. The van der Waals surface area contributed by atoms with E-state index in [4.69, 9.17) is 10.5 Å². The number of ether oxygens (including phenoxy) is 1. The molecule has 1 heterocycles. The highest BCUT2D eigenvalue weighted by Gasteiger charge is 2.18. The Labute approximate surface area is 104 Å². The fraction of sp³-hybridized carbons (Fsp3) is 0.250. The zero-order chi connectivity index (χ0) is 13.3. The molecule has 0 aliphatic rings. The first-order chi connectivity index (χ1) is 8.54. The number of hydrogen-bond donors (Lipinski definition) is 1. The average molecular weight is 246 g/mol. The van der Waals surface area contributed by atoms with Crippen molar-refractivity contribution in [1.82, 2.24) is 14.8 Å². The van der Waals surface area contributed by atoms with Crippen LogP contribution in [0, 0.1) is 13.8 Å². The number of nitrogen functional groups attached to an aromatic ring is 1. The summed E-state index contributed by atoms with van der Waals surface area (Å²) in [6, 6.07) is 5.05. The molecule has 18 heavy (non-hydrogen) atoms. The van der Waals surface area contributed by atoms with E-state index >= 15 is 0 Å². The normalized spacial score (nSPS) is 10.4. The van der Waals surface area contributed by atoms with Crippen LogP contribution in [0.5, 0.6) is 0 Å². The summed E-state index contributed by atoms with van der Waals surface area (Å²) in [4.78, 5) is 15.9. The van der Waals surface area contributed by atoms with E-state index in [1.54, 1.807) is 36.7 Å². The van der Waals surface area contributed by atoms with Gasteiger partial charge in [-0.3, -0.25) is 0 Å². The number of para-hydroxylation sites is 1. The largest absolute Gasteiger partial charge is 0.465 e. The van der Waals surface area contributed by atoms with Gasteiger partial charge in [-0.1, -0.05) is 6.07 Å². The lowest BCUT2D eigenvalue weighted by atomic mass is 10.1. The molecule has 0 radical (unpaired) electrons. The predicted octanol–water partition coefficient (Wildman–Crippen LogP) is 1.25. The van der Waals surface area contributed by atoms with E-state index in [2.05, 4.69) is 10.1 Å². The van der Waals surface area contributed by atoms with Gasteiger partial charge >= 0.3 is 5.97 Å². The average Bonchev–Trinajstić information content (AvgIpc) is 2.67. The zero-order valence-electron chi connectivity index (χ0n) is 10.5. The van der Waals surface area contributed by atoms with Crippen LogP contribution in [-0.4, -0.2) is 27.8 Å². The molecule has 0 aliphatic heterocycles.